The molecular formula is C44H60N2O4S. The zero-order valence-corrected chi connectivity index (χ0v) is 32.5. The third kappa shape index (κ3) is 5.62. The Labute approximate surface area is 306 Å². The highest BCUT2D eigenvalue weighted by molar-refractivity contribution is 7.89. The van der Waals surface area contributed by atoms with Crippen LogP contribution in [0.2, 0.25) is 0 Å². The smallest absolute Gasteiger partial charge is 0.335 e. The molecule has 0 aromatic heterocycles. The summed E-state index contributed by atoms with van der Waals surface area (Å²) in [7, 11) is -3.70. The third-order valence-corrected chi connectivity index (χ3v) is 17.2. The Bertz CT molecular complexity index is 1850. The fraction of sp³-hybridized carbons (Fsp3) is 0.614. The Morgan fingerprint density at radius 1 is 0.882 bits per heavy atom. The number of nitrogens with one attached hydrogen (secondary N) is 1. The average Bonchev–Trinajstić information content (AvgIpc) is 3.45. The van der Waals surface area contributed by atoms with Crippen LogP contribution in [0.1, 0.15) is 121 Å². The van der Waals surface area contributed by atoms with Crippen molar-refractivity contribution in [1.29, 1.82) is 0 Å². The SMILES string of the molecule is C=C(C)C1CCC2(CNCc3ccc(S(N)(=O)=O)cc3)CCC3(C)C(CCC4C5(C)CC=C(c6ccc(C(=O)O)cc6)C(C)(C)C5CCC43C)C12. The van der Waals surface area contributed by atoms with E-state index in [0.717, 1.165) is 18.5 Å². The van der Waals surface area contributed by atoms with E-state index in [-0.39, 0.29) is 32.0 Å². The van der Waals surface area contributed by atoms with Crippen LogP contribution in [0.3, 0.4) is 0 Å². The molecule has 0 heterocycles. The van der Waals surface area contributed by atoms with Crippen LogP contribution in [-0.2, 0) is 16.6 Å². The summed E-state index contributed by atoms with van der Waals surface area (Å²) in [6.07, 6.45) is 13.7. The normalized spacial score (nSPS) is 38.4. The van der Waals surface area contributed by atoms with E-state index in [1.807, 2.05) is 24.3 Å². The minimum Gasteiger partial charge on any atom is -0.478 e. The number of sulfonamides is 1. The minimum absolute atomic E-state index is 0.000390. The number of benzene rings is 2. The molecule has 2 aromatic carbocycles. The van der Waals surface area contributed by atoms with Crippen molar-refractivity contribution in [3.05, 3.63) is 83.4 Å². The van der Waals surface area contributed by atoms with E-state index in [1.54, 1.807) is 24.3 Å². The molecule has 0 radical (unpaired) electrons. The van der Waals surface area contributed by atoms with Gasteiger partial charge in [0.15, 0.2) is 0 Å². The van der Waals surface area contributed by atoms with Crippen LogP contribution in [0.15, 0.2) is 71.7 Å². The first-order valence-corrected chi connectivity index (χ1v) is 20.9. The van der Waals surface area contributed by atoms with Crippen LogP contribution in [0.25, 0.3) is 5.57 Å². The lowest BCUT2D eigenvalue weighted by Crippen LogP contribution is -2.65. The summed E-state index contributed by atoms with van der Waals surface area (Å²) in [6.45, 7) is 21.5. The quantitative estimate of drug-likeness (QED) is 0.236. The zero-order chi connectivity index (χ0) is 36.8. The van der Waals surface area contributed by atoms with Gasteiger partial charge in [-0.1, -0.05) is 77.1 Å². The van der Waals surface area contributed by atoms with Crippen molar-refractivity contribution < 1.29 is 18.3 Å². The monoisotopic (exact) mass is 712 g/mol. The average molecular weight is 713 g/mol. The van der Waals surface area contributed by atoms with E-state index in [0.29, 0.717) is 41.7 Å². The number of nitrogens with two attached hydrogens (primary N) is 1. The van der Waals surface area contributed by atoms with E-state index in [2.05, 4.69) is 59.5 Å². The summed E-state index contributed by atoms with van der Waals surface area (Å²) in [6, 6.07) is 14.5. The number of rotatable bonds is 8. The molecule has 276 valence electrons. The molecule has 51 heavy (non-hydrogen) atoms. The van der Waals surface area contributed by atoms with Crippen LogP contribution >= 0.6 is 0 Å². The van der Waals surface area contributed by atoms with Crippen LogP contribution in [0.5, 0.6) is 0 Å². The second kappa shape index (κ2) is 12.4. The lowest BCUT2D eigenvalue weighted by molar-refractivity contribution is -0.225. The Morgan fingerprint density at radius 3 is 2.20 bits per heavy atom. The van der Waals surface area contributed by atoms with Gasteiger partial charge in [-0.2, -0.15) is 0 Å². The maximum atomic E-state index is 11.8. The molecular weight excluding hydrogens is 653 g/mol. The van der Waals surface area contributed by atoms with Gasteiger partial charge in [-0.25, -0.2) is 18.4 Å². The Morgan fingerprint density at radius 2 is 1.57 bits per heavy atom. The van der Waals surface area contributed by atoms with E-state index in [1.165, 1.54) is 68.1 Å². The minimum atomic E-state index is -3.70. The van der Waals surface area contributed by atoms with Gasteiger partial charge in [0.25, 0.3) is 0 Å². The number of fused-ring (bicyclic) bond motifs is 7. The van der Waals surface area contributed by atoms with Gasteiger partial charge in [0.2, 0.25) is 10.0 Å². The molecule has 4 saturated carbocycles. The number of carboxylic acid groups (broad SMARTS) is 1. The topological polar surface area (TPSA) is 109 Å². The van der Waals surface area contributed by atoms with Crippen molar-refractivity contribution in [1.82, 2.24) is 5.32 Å². The van der Waals surface area contributed by atoms with E-state index in [9.17, 15) is 18.3 Å². The second-order valence-electron chi connectivity index (χ2n) is 18.8. The van der Waals surface area contributed by atoms with Gasteiger partial charge in [0.05, 0.1) is 10.5 Å². The van der Waals surface area contributed by atoms with Gasteiger partial charge < -0.3 is 10.4 Å². The van der Waals surface area contributed by atoms with E-state index >= 15 is 0 Å². The van der Waals surface area contributed by atoms with Crippen molar-refractivity contribution in [2.24, 2.45) is 61.8 Å². The van der Waals surface area contributed by atoms with Crippen LogP contribution in [0, 0.1) is 56.7 Å². The first kappa shape index (κ1) is 36.6. The molecule has 9 unspecified atom stereocenters. The maximum absolute atomic E-state index is 11.8. The summed E-state index contributed by atoms with van der Waals surface area (Å²) in [5, 5.41) is 18.7. The molecule has 6 nitrogen and oxygen atoms in total. The molecule has 0 saturated heterocycles. The molecule has 2 aromatic rings. The summed E-state index contributed by atoms with van der Waals surface area (Å²) in [4.78, 5) is 11.7. The van der Waals surface area contributed by atoms with Crippen molar-refractivity contribution in [2.45, 2.75) is 111 Å². The molecule has 0 amide bonds. The van der Waals surface area contributed by atoms with Gasteiger partial charge in [-0.15, -0.1) is 0 Å². The van der Waals surface area contributed by atoms with Crippen LogP contribution in [-0.4, -0.2) is 26.0 Å². The van der Waals surface area contributed by atoms with E-state index < -0.39 is 16.0 Å². The Hall–Kier alpha value is -2.74. The number of primary sulfonamides is 1. The first-order chi connectivity index (χ1) is 23.9. The summed E-state index contributed by atoms with van der Waals surface area (Å²) >= 11 is 0. The lowest BCUT2D eigenvalue weighted by Gasteiger charge is -2.72. The van der Waals surface area contributed by atoms with Gasteiger partial charge in [0.1, 0.15) is 0 Å². The standard InChI is InChI=1S/C44H60N2O4S/c1-28(2)33-18-23-44(27-46-26-29-8-14-32(15-9-29)51(45,49)50)25-24-42(6)35(38(33)44)16-17-37-41(5)21-19-34(30-10-12-31(13-11-30)39(47)48)40(3,4)36(41)20-22-43(37,42)7/h8-15,19,33,35-38,46H,1,16-18,20-27H2,2-7H3,(H,47,48)(H2,45,49,50). The second-order valence-corrected chi connectivity index (χ2v) is 20.3. The number of hydrogen-bond acceptors (Lipinski definition) is 4. The zero-order valence-electron chi connectivity index (χ0n) is 31.7. The van der Waals surface area contributed by atoms with Crippen molar-refractivity contribution >= 4 is 21.6 Å². The van der Waals surface area contributed by atoms with Gasteiger partial charge in [-0.3, -0.25) is 0 Å². The Balaban J connectivity index is 1.15. The number of aromatic carboxylic acids is 1. The molecule has 4 N–H and O–H groups in total. The summed E-state index contributed by atoms with van der Waals surface area (Å²) < 4.78 is 23.5. The van der Waals surface area contributed by atoms with Gasteiger partial charge in [0, 0.05) is 13.1 Å². The molecule has 5 aliphatic carbocycles. The molecule has 0 spiro atoms. The number of hydrogen-bond donors (Lipinski definition) is 3. The van der Waals surface area contributed by atoms with Crippen molar-refractivity contribution in [2.75, 3.05) is 6.54 Å². The van der Waals surface area contributed by atoms with Crippen LogP contribution < -0.4 is 10.5 Å². The number of allylic oxidation sites excluding steroid dienone is 3. The summed E-state index contributed by atoms with van der Waals surface area (Å²) in [5.41, 5.74) is 6.32. The first-order valence-electron chi connectivity index (χ1n) is 19.4. The highest BCUT2D eigenvalue weighted by Crippen LogP contribution is 2.77. The predicted molar refractivity (Wildman–Crippen MR) is 205 cm³/mol. The fourth-order valence-corrected chi connectivity index (χ4v) is 14.2. The molecule has 4 fully saturated rings. The van der Waals surface area contributed by atoms with Crippen molar-refractivity contribution in [3.63, 3.8) is 0 Å². The van der Waals surface area contributed by atoms with E-state index in [4.69, 9.17) is 5.14 Å². The number of carboxylic acids is 1. The fourth-order valence-electron chi connectivity index (χ4n) is 13.7. The molecule has 7 rings (SSSR count). The largest absolute Gasteiger partial charge is 0.478 e. The molecule has 0 aliphatic heterocycles. The molecule has 9 atom stereocenters. The highest BCUT2D eigenvalue weighted by Gasteiger charge is 2.70. The lowest BCUT2D eigenvalue weighted by atomic mass is 9.32. The molecule has 0 bridgehead atoms. The van der Waals surface area contributed by atoms with Gasteiger partial charge in [-0.05, 0) is 162 Å². The predicted octanol–water partition coefficient (Wildman–Crippen LogP) is 9.47. The molecule has 7 heteroatoms. The summed E-state index contributed by atoms with van der Waals surface area (Å²) in [5.74, 6) is 2.21. The van der Waals surface area contributed by atoms with Gasteiger partial charge >= 0.3 is 5.97 Å². The molecule has 5 aliphatic rings. The highest BCUT2D eigenvalue weighted by atomic mass is 32.2. The van der Waals surface area contributed by atoms with Crippen molar-refractivity contribution in [3.8, 4) is 0 Å². The maximum Gasteiger partial charge on any atom is 0.335 e. The van der Waals surface area contributed by atoms with Crippen LogP contribution in [0.4, 0.5) is 0 Å². The Kier molecular flexibility index (Phi) is 8.91. The third-order valence-electron chi connectivity index (χ3n) is 16.3. The number of carbonyl (C=O) groups is 1.